The lowest BCUT2D eigenvalue weighted by Crippen LogP contribution is -2.04. The summed E-state index contributed by atoms with van der Waals surface area (Å²) in [6.07, 6.45) is -0.303. The lowest BCUT2D eigenvalue weighted by molar-refractivity contribution is -0.136. The predicted octanol–water partition coefficient (Wildman–Crippen LogP) is 2.65. The summed E-state index contributed by atoms with van der Waals surface area (Å²) in [5.74, 6) is -2.17. The number of rotatable bonds is 3. The molecule has 0 radical (unpaired) electrons. The highest BCUT2D eigenvalue weighted by Gasteiger charge is 2.10. The van der Waals surface area contributed by atoms with Crippen LogP contribution >= 0.6 is 0 Å². The van der Waals surface area contributed by atoms with Crippen LogP contribution in [0.3, 0.4) is 0 Å². The fourth-order valence-electron chi connectivity index (χ4n) is 1.57. The van der Waals surface area contributed by atoms with Gasteiger partial charge in [0.1, 0.15) is 17.3 Å². The molecule has 3 nitrogen and oxygen atoms in total. The number of carbonyl (C=O) groups is 1. The molecule has 0 bridgehead atoms. The molecule has 18 heavy (non-hydrogen) atoms. The van der Waals surface area contributed by atoms with E-state index in [2.05, 4.69) is 4.98 Å². The van der Waals surface area contributed by atoms with Gasteiger partial charge in [0, 0.05) is 5.56 Å². The van der Waals surface area contributed by atoms with Gasteiger partial charge in [0.2, 0.25) is 0 Å². The number of aromatic nitrogens is 1. The van der Waals surface area contributed by atoms with Crippen LogP contribution in [0.1, 0.15) is 5.69 Å². The number of pyridine rings is 1. The fourth-order valence-corrected chi connectivity index (χ4v) is 1.57. The van der Waals surface area contributed by atoms with Crippen molar-refractivity contribution in [1.82, 2.24) is 4.98 Å². The number of carboxylic acid groups (broad SMARTS) is 1. The Bertz CT molecular complexity index is 599. The van der Waals surface area contributed by atoms with E-state index in [0.717, 1.165) is 12.1 Å². The molecule has 0 spiro atoms. The Morgan fingerprint density at radius 2 is 2.00 bits per heavy atom. The van der Waals surface area contributed by atoms with E-state index in [0.29, 0.717) is 0 Å². The zero-order chi connectivity index (χ0) is 13.1. The largest absolute Gasteiger partial charge is 0.481 e. The lowest BCUT2D eigenvalue weighted by Gasteiger charge is -2.05. The topological polar surface area (TPSA) is 50.2 Å². The summed E-state index contributed by atoms with van der Waals surface area (Å²) in [7, 11) is 0. The van der Waals surface area contributed by atoms with Crippen molar-refractivity contribution in [3.63, 3.8) is 0 Å². The van der Waals surface area contributed by atoms with Crippen molar-refractivity contribution in [2.45, 2.75) is 6.42 Å². The molecule has 0 saturated carbocycles. The second kappa shape index (κ2) is 4.91. The minimum absolute atomic E-state index is 0.0479. The van der Waals surface area contributed by atoms with Crippen molar-refractivity contribution in [3.05, 3.63) is 53.7 Å². The van der Waals surface area contributed by atoms with Crippen LogP contribution in [0.4, 0.5) is 8.78 Å². The highest BCUT2D eigenvalue weighted by molar-refractivity contribution is 5.70. The second-order valence-corrected chi connectivity index (χ2v) is 3.71. The molecule has 5 heteroatoms. The molecule has 0 atom stereocenters. The first kappa shape index (κ1) is 12.2. The van der Waals surface area contributed by atoms with Gasteiger partial charge in [-0.3, -0.25) is 4.79 Å². The normalized spacial score (nSPS) is 10.3. The van der Waals surface area contributed by atoms with Gasteiger partial charge in [-0.05, 0) is 24.3 Å². The van der Waals surface area contributed by atoms with E-state index in [-0.39, 0.29) is 23.4 Å². The Labute approximate surface area is 102 Å². The second-order valence-electron chi connectivity index (χ2n) is 3.71. The summed E-state index contributed by atoms with van der Waals surface area (Å²) < 4.78 is 26.6. The number of hydrogen-bond donors (Lipinski definition) is 1. The summed E-state index contributed by atoms with van der Waals surface area (Å²) in [4.78, 5) is 14.5. The first-order chi connectivity index (χ1) is 8.56. The maximum Gasteiger partial charge on any atom is 0.309 e. The predicted molar refractivity (Wildman–Crippen MR) is 60.9 cm³/mol. The molecule has 1 heterocycles. The number of carboxylic acids is 1. The molecule has 0 saturated heterocycles. The van der Waals surface area contributed by atoms with Crippen LogP contribution in [0, 0.1) is 11.6 Å². The molecule has 92 valence electrons. The van der Waals surface area contributed by atoms with Gasteiger partial charge in [0.25, 0.3) is 0 Å². The van der Waals surface area contributed by atoms with Crippen molar-refractivity contribution in [2.24, 2.45) is 0 Å². The van der Waals surface area contributed by atoms with E-state index in [9.17, 15) is 13.6 Å². The summed E-state index contributed by atoms with van der Waals surface area (Å²) in [6, 6.07) is 7.77. The number of aliphatic carboxylic acids is 1. The van der Waals surface area contributed by atoms with Crippen LogP contribution in [0.25, 0.3) is 11.3 Å². The van der Waals surface area contributed by atoms with Crippen LogP contribution in [-0.2, 0) is 11.2 Å². The minimum atomic E-state index is -1.06. The molecule has 2 aromatic rings. The molecule has 0 aliphatic carbocycles. The number of halogens is 2. The standard InChI is InChI=1S/C13H9F2NO2/c14-9-3-1-2-8(6-9)13-11(15)5-4-10(16-13)7-12(17)18/h1-6H,7H2,(H,17,18). The van der Waals surface area contributed by atoms with Gasteiger partial charge in [0.05, 0.1) is 12.1 Å². The summed E-state index contributed by atoms with van der Waals surface area (Å²) in [6.45, 7) is 0. The van der Waals surface area contributed by atoms with Crippen LogP contribution in [0.5, 0.6) is 0 Å². The third-order valence-corrected chi connectivity index (χ3v) is 2.33. The average Bonchev–Trinajstić information content (AvgIpc) is 2.31. The molecule has 1 aromatic heterocycles. The van der Waals surface area contributed by atoms with E-state index < -0.39 is 17.6 Å². The van der Waals surface area contributed by atoms with Crippen molar-refractivity contribution < 1.29 is 18.7 Å². The summed E-state index contributed by atoms with van der Waals surface area (Å²) in [5.41, 5.74) is 0.455. The van der Waals surface area contributed by atoms with Crippen molar-refractivity contribution in [2.75, 3.05) is 0 Å². The molecule has 0 aliphatic rings. The van der Waals surface area contributed by atoms with Gasteiger partial charge in [0.15, 0.2) is 0 Å². The Hall–Kier alpha value is -2.30. The van der Waals surface area contributed by atoms with E-state index in [1.165, 1.54) is 24.3 Å². The Balaban J connectivity index is 2.46. The quantitative estimate of drug-likeness (QED) is 0.909. The molecule has 0 fully saturated rings. The van der Waals surface area contributed by atoms with Gasteiger partial charge in [-0.15, -0.1) is 0 Å². The smallest absolute Gasteiger partial charge is 0.309 e. The molecule has 0 amide bonds. The van der Waals surface area contributed by atoms with Crippen molar-refractivity contribution in [3.8, 4) is 11.3 Å². The van der Waals surface area contributed by atoms with Gasteiger partial charge in [-0.1, -0.05) is 12.1 Å². The third-order valence-electron chi connectivity index (χ3n) is 2.33. The maximum absolute atomic E-state index is 13.6. The summed E-state index contributed by atoms with van der Waals surface area (Å²) >= 11 is 0. The SMILES string of the molecule is O=C(O)Cc1ccc(F)c(-c2cccc(F)c2)n1. The van der Waals surface area contributed by atoms with Gasteiger partial charge in [-0.2, -0.15) is 0 Å². The van der Waals surface area contributed by atoms with E-state index in [1.54, 1.807) is 0 Å². The number of hydrogen-bond acceptors (Lipinski definition) is 2. The highest BCUT2D eigenvalue weighted by atomic mass is 19.1. The molecular formula is C13H9F2NO2. The zero-order valence-corrected chi connectivity index (χ0v) is 9.23. The molecule has 2 rings (SSSR count). The van der Waals surface area contributed by atoms with Crippen LogP contribution in [-0.4, -0.2) is 16.1 Å². The van der Waals surface area contributed by atoms with E-state index >= 15 is 0 Å². The first-order valence-electron chi connectivity index (χ1n) is 5.19. The van der Waals surface area contributed by atoms with Crippen molar-refractivity contribution in [1.29, 1.82) is 0 Å². The monoisotopic (exact) mass is 249 g/mol. The molecule has 1 aromatic carbocycles. The minimum Gasteiger partial charge on any atom is -0.481 e. The third kappa shape index (κ3) is 2.68. The highest BCUT2D eigenvalue weighted by Crippen LogP contribution is 2.21. The van der Waals surface area contributed by atoms with Crippen molar-refractivity contribution >= 4 is 5.97 Å². The average molecular weight is 249 g/mol. The van der Waals surface area contributed by atoms with E-state index in [4.69, 9.17) is 5.11 Å². The van der Waals surface area contributed by atoms with Gasteiger partial charge >= 0.3 is 5.97 Å². The molecular weight excluding hydrogens is 240 g/mol. The van der Waals surface area contributed by atoms with E-state index in [1.807, 2.05) is 0 Å². The molecule has 0 unspecified atom stereocenters. The maximum atomic E-state index is 13.6. The Morgan fingerprint density at radius 1 is 1.22 bits per heavy atom. The summed E-state index contributed by atoms with van der Waals surface area (Å²) in [5, 5.41) is 8.65. The fraction of sp³-hybridized carbons (Fsp3) is 0.0769. The number of benzene rings is 1. The zero-order valence-electron chi connectivity index (χ0n) is 9.23. The van der Waals surface area contributed by atoms with Gasteiger partial charge in [-0.25, -0.2) is 13.8 Å². The van der Waals surface area contributed by atoms with Crippen LogP contribution in [0.15, 0.2) is 36.4 Å². The molecule has 0 aliphatic heterocycles. The van der Waals surface area contributed by atoms with Crippen LogP contribution < -0.4 is 0 Å². The Morgan fingerprint density at radius 3 is 2.67 bits per heavy atom. The molecule has 1 N–H and O–H groups in total. The van der Waals surface area contributed by atoms with Crippen LogP contribution in [0.2, 0.25) is 0 Å². The van der Waals surface area contributed by atoms with Gasteiger partial charge < -0.3 is 5.11 Å². The first-order valence-corrected chi connectivity index (χ1v) is 5.19. The Kier molecular flexibility index (Phi) is 3.32. The number of nitrogens with zero attached hydrogens (tertiary/aromatic N) is 1. The lowest BCUT2D eigenvalue weighted by atomic mass is 10.1.